The second-order valence-electron chi connectivity index (χ2n) is 14.8. The van der Waals surface area contributed by atoms with Gasteiger partial charge in [0, 0.05) is 23.0 Å². The predicted octanol–water partition coefficient (Wildman–Crippen LogP) is 12.7. The second-order valence-corrected chi connectivity index (χ2v) is 20.7. The Morgan fingerprint density at radius 1 is 0.556 bits per heavy atom. The lowest BCUT2D eigenvalue weighted by Gasteiger charge is -2.22. The smallest absolute Gasteiger partial charge is 0.381 e. The Labute approximate surface area is 383 Å². The summed E-state index contributed by atoms with van der Waals surface area (Å²) in [5.41, 5.74) is 18.3. The minimum absolute atomic E-state index is 0.00893. The Morgan fingerprint density at radius 3 is 1.29 bits per heavy atom. The molecule has 0 N–H and O–H groups in total. The largest absolute Gasteiger partial charge is 0.475 e. The molecule has 0 fully saturated rings. The molecule has 0 heterocycles. The maximum atomic E-state index is 13.4. The van der Waals surface area contributed by atoms with Crippen molar-refractivity contribution >= 4 is 46.8 Å². The van der Waals surface area contributed by atoms with Gasteiger partial charge >= 0.3 is 15.6 Å². The number of azide groups is 2. The zero-order valence-electron chi connectivity index (χ0n) is 38.5. The number of hydrogen-bond acceptors (Lipinski definition) is 14. The molecule has 0 rings (SSSR count). The summed E-state index contributed by atoms with van der Waals surface area (Å²) in [6.45, 7) is 15.2. The van der Waals surface area contributed by atoms with Gasteiger partial charge in [-0.25, -0.2) is 9.13 Å². The molecule has 8 unspecified atom stereocenters. The van der Waals surface area contributed by atoms with E-state index in [9.17, 15) is 9.13 Å². The summed E-state index contributed by atoms with van der Waals surface area (Å²) in [4.78, 5) is 5.75. The molecule has 360 valence electrons. The van der Waals surface area contributed by atoms with Crippen LogP contribution >= 0.6 is 31.7 Å². The van der Waals surface area contributed by atoms with Crippen LogP contribution in [0.25, 0.3) is 20.9 Å². The van der Waals surface area contributed by atoms with Crippen LogP contribution in [0.4, 0.5) is 0 Å². The predicted molar refractivity (Wildman–Crippen MR) is 256 cm³/mol. The summed E-state index contributed by atoms with van der Waals surface area (Å²) in [7, 11) is 1.70. The van der Waals surface area contributed by atoms with Crippen molar-refractivity contribution in [3.05, 3.63) is 46.2 Å². The molecule has 0 aromatic heterocycles. The molecule has 0 aromatic carbocycles. The van der Waals surface area contributed by atoms with Crippen molar-refractivity contribution in [1.29, 1.82) is 0 Å². The summed E-state index contributed by atoms with van der Waals surface area (Å²) in [5.74, 6) is 0. The highest BCUT2D eigenvalue weighted by Gasteiger charge is 2.29. The molecule has 0 bridgehead atoms. The fraction of sp³-hybridized carbons (Fsp3) is 0.897. The Kier molecular flexibility index (Phi) is 41.9. The third-order valence-electron chi connectivity index (χ3n) is 8.95. The Bertz CT molecular complexity index is 1250. The lowest BCUT2D eigenvalue weighted by molar-refractivity contribution is 0.0651. The molecule has 63 heavy (non-hydrogen) atoms. The maximum absolute atomic E-state index is 13.4. The van der Waals surface area contributed by atoms with Crippen LogP contribution in [-0.2, 0) is 54.8 Å². The quantitative estimate of drug-likeness (QED) is 0.0106. The van der Waals surface area contributed by atoms with Crippen LogP contribution in [0.3, 0.4) is 0 Å². The van der Waals surface area contributed by atoms with Gasteiger partial charge in [0.05, 0.1) is 77.1 Å². The van der Waals surface area contributed by atoms with Crippen LogP contribution in [0, 0.1) is 0 Å². The SMILES string of the molecule is [B]P(C)OC(CCCCCCC)CCOCC(COP(=O)(OCC=C)OCCCCCOP(=O)(OCC=C)OCC(COCCC(CCCCCCC)OP([B])C)N=[N+]=[N-])N=[N+]=[N-]. The van der Waals surface area contributed by atoms with E-state index in [1.54, 1.807) is 0 Å². The number of phosphoric acid groups is 2. The minimum Gasteiger partial charge on any atom is -0.381 e. The van der Waals surface area contributed by atoms with Gasteiger partial charge in [0.25, 0.3) is 0 Å². The third kappa shape index (κ3) is 37.9. The summed E-state index contributed by atoms with van der Waals surface area (Å²) in [6.07, 6.45) is 18.6. The van der Waals surface area contributed by atoms with Gasteiger partial charge in [0.15, 0.2) is 0 Å². The first-order valence-electron chi connectivity index (χ1n) is 22.2. The van der Waals surface area contributed by atoms with Crippen LogP contribution in [0.1, 0.15) is 123 Å². The van der Waals surface area contributed by atoms with Crippen LogP contribution in [-0.4, -0.2) is 119 Å². The zero-order chi connectivity index (χ0) is 46.9. The number of ether oxygens (including phenoxy) is 2. The van der Waals surface area contributed by atoms with Gasteiger partial charge in [-0.2, -0.15) is 0 Å². The van der Waals surface area contributed by atoms with Gasteiger partial charge in [-0.3, -0.25) is 27.1 Å². The molecule has 24 heteroatoms. The van der Waals surface area contributed by atoms with Gasteiger partial charge in [0.2, 0.25) is 0 Å². The van der Waals surface area contributed by atoms with Crippen molar-refractivity contribution in [2.45, 2.75) is 147 Å². The van der Waals surface area contributed by atoms with E-state index in [1.807, 2.05) is 13.3 Å². The van der Waals surface area contributed by atoms with E-state index in [0.717, 1.165) is 38.5 Å². The van der Waals surface area contributed by atoms with Crippen molar-refractivity contribution in [3.63, 3.8) is 0 Å². The van der Waals surface area contributed by atoms with E-state index in [4.69, 9.17) is 71.9 Å². The van der Waals surface area contributed by atoms with E-state index < -0.39 is 43.8 Å². The normalized spacial score (nSPS) is 16.3. The fourth-order valence-electron chi connectivity index (χ4n) is 5.76. The molecule has 0 amide bonds. The summed E-state index contributed by atoms with van der Waals surface area (Å²) in [6, 6.07) is -1.60. The average molecular weight is 967 g/mol. The van der Waals surface area contributed by atoms with Crippen molar-refractivity contribution < 1.29 is 54.8 Å². The number of unbranched alkanes of at least 4 members (excludes halogenated alkanes) is 10. The number of phosphoric ester groups is 2. The van der Waals surface area contributed by atoms with Crippen LogP contribution in [0.5, 0.6) is 0 Å². The summed E-state index contributed by atoms with van der Waals surface area (Å²) in [5, 5.41) is 7.46. The molecular formula is C39H76B2N6O12P4. The molecule has 8 atom stereocenters. The van der Waals surface area contributed by atoms with E-state index in [-0.39, 0.29) is 65.1 Å². The van der Waals surface area contributed by atoms with Gasteiger partial charge in [-0.05, 0) is 85.4 Å². The van der Waals surface area contributed by atoms with Crippen LogP contribution < -0.4 is 0 Å². The maximum Gasteiger partial charge on any atom is 0.475 e. The van der Waals surface area contributed by atoms with Crippen LogP contribution in [0.2, 0.25) is 0 Å². The molecule has 0 saturated carbocycles. The Balaban J connectivity index is 4.93. The van der Waals surface area contributed by atoms with Crippen molar-refractivity contribution in [3.8, 4) is 0 Å². The molecule has 0 aliphatic rings. The lowest BCUT2D eigenvalue weighted by atomic mass is 10.1. The fourth-order valence-corrected chi connectivity index (χ4v) is 9.56. The first-order valence-corrected chi connectivity index (χ1v) is 28.7. The van der Waals surface area contributed by atoms with E-state index in [1.165, 1.54) is 50.7 Å². The average Bonchev–Trinajstić information content (AvgIpc) is 3.25. The molecule has 0 saturated heterocycles. The van der Waals surface area contributed by atoms with Gasteiger partial charge < -0.3 is 18.5 Å². The third-order valence-corrected chi connectivity index (χ3v) is 13.1. The standard InChI is InChI=1S/C39H76B2N6O12P4/c1-7-11-13-15-18-22-38(58-60(5)40)24-30-50-32-36(44-46-42)34-56-62(48,52-26-9-3)54-28-20-17-21-29-55-63(49,53-27-10-4)57-35-37(45-47-43)33-51-31-25-39(59-61(6)41)23-19-16-14-12-8-2/h9-10,36-39H,3-4,7-8,11-35H2,1-2,5-6H3. The monoisotopic (exact) mass is 966 g/mol. The molecule has 4 radical (unpaired) electrons. The molecular weight excluding hydrogens is 890 g/mol. The highest BCUT2D eigenvalue weighted by atomic mass is 31.2. The summed E-state index contributed by atoms with van der Waals surface area (Å²) < 4.78 is 83.2. The van der Waals surface area contributed by atoms with Crippen LogP contribution in [0.15, 0.2) is 35.5 Å². The van der Waals surface area contributed by atoms with Crippen molar-refractivity contribution in [2.24, 2.45) is 10.2 Å². The highest BCUT2D eigenvalue weighted by Crippen LogP contribution is 2.51. The highest BCUT2D eigenvalue weighted by molar-refractivity contribution is 7.77. The Hall–Kier alpha value is -0.850. The molecule has 0 spiro atoms. The number of nitrogens with zero attached hydrogens (tertiary/aromatic N) is 6. The number of rotatable bonds is 48. The lowest BCUT2D eigenvalue weighted by Crippen LogP contribution is -2.22. The molecule has 0 aromatic rings. The van der Waals surface area contributed by atoms with Gasteiger partial charge in [0.1, 0.15) is 15.1 Å². The van der Waals surface area contributed by atoms with Crippen molar-refractivity contribution in [2.75, 3.05) is 79.4 Å². The van der Waals surface area contributed by atoms with Gasteiger partial charge in [-0.15, -0.1) is 13.2 Å². The Morgan fingerprint density at radius 2 is 0.937 bits per heavy atom. The second kappa shape index (κ2) is 42.5. The van der Waals surface area contributed by atoms with E-state index >= 15 is 0 Å². The van der Waals surface area contributed by atoms with E-state index in [2.05, 4.69) is 47.1 Å². The van der Waals surface area contributed by atoms with Crippen molar-refractivity contribution in [1.82, 2.24) is 0 Å². The molecule has 0 aliphatic carbocycles. The molecule has 18 nitrogen and oxygen atoms in total. The number of hydrogen-bond donors (Lipinski definition) is 0. The first kappa shape index (κ1) is 62.1. The van der Waals surface area contributed by atoms with Gasteiger partial charge in [-0.1, -0.05) is 100 Å². The zero-order valence-corrected chi connectivity index (χ0v) is 42.1. The molecule has 0 aliphatic heterocycles. The van der Waals surface area contributed by atoms with E-state index in [0.29, 0.717) is 45.3 Å². The first-order chi connectivity index (χ1) is 30.4. The summed E-state index contributed by atoms with van der Waals surface area (Å²) >= 11 is 0. The topological polar surface area (TPSA) is 224 Å². The minimum atomic E-state index is -4.08.